The molecule has 1 saturated heterocycles. The lowest BCUT2D eigenvalue weighted by Gasteiger charge is -2.36. The van der Waals surface area contributed by atoms with Crippen molar-refractivity contribution < 1.29 is 18.4 Å². The summed E-state index contributed by atoms with van der Waals surface area (Å²) in [5.41, 5.74) is 1.46. The molecule has 0 aliphatic carbocycles. The number of hydrogen-bond donors (Lipinski definition) is 2. The molecule has 3 amide bonds. The lowest BCUT2D eigenvalue weighted by atomic mass is 10.0. The van der Waals surface area contributed by atoms with Crippen molar-refractivity contribution in [2.45, 2.75) is 37.8 Å². The molecule has 35 heavy (non-hydrogen) atoms. The molecule has 2 atom stereocenters. The number of furan rings is 2. The van der Waals surface area contributed by atoms with Crippen LogP contribution in [-0.2, 0) is 4.79 Å². The van der Waals surface area contributed by atoms with Crippen LogP contribution in [0.1, 0.15) is 43.2 Å². The standard InChI is InChI=1S/C26H29N5O4/c32-25(31-22(24-12-7-15-35-24)16-21(29-31)23-11-6-14-34-23)18-30-13-5-4-10-20(30)17-27-26(33)28-19-8-2-1-3-9-19/h1-3,6-9,11-12,14-15,20,22H,4-5,10,13,16-18H2,(H2,27,28,33). The number of benzene rings is 1. The second kappa shape index (κ2) is 10.6. The van der Waals surface area contributed by atoms with Gasteiger partial charge in [0.2, 0.25) is 0 Å². The van der Waals surface area contributed by atoms with Gasteiger partial charge in [-0.25, -0.2) is 9.80 Å². The van der Waals surface area contributed by atoms with Crippen molar-refractivity contribution in [2.75, 3.05) is 25.0 Å². The van der Waals surface area contributed by atoms with Crippen molar-refractivity contribution in [2.24, 2.45) is 5.10 Å². The summed E-state index contributed by atoms with van der Waals surface area (Å²) in [5, 5.41) is 11.9. The molecule has 1 aromatic carbocycles. The van der Waals surface area contributed by atoms with E-state index in [-0.39, 0.29) is 30.6 Å². The van der Waals surface area contributed by atoms with Crippen LogP contribution >= 0.6 is 0 Å². The Balaban J connectivity index is 1.23. The van der Waals surface area contributed by atoms with E-state index in [1.807, 2.05) is 54.6 Å². The molecule has 0 saturated carbocycles. The minimum atomic E-state index is -0.310. The average Bonchev–Trinajstić information content (AvgIpc) is 3.65. The van der Waals surface area contributed by atoms with Gasteiger partial charge < -0.3 is 19.5 Å². The zero-order valence-electron chi connectivity index (χ0n) is 19.4. The van der Waals surface area contributed by atoms with Gasteiger partial charge >= 0.3 is 6.03 Å². The van der Waals surface area contributed by atoms with E-state index in [2.05, 4.69) is 20.6 Å². The molecular weight excluding hydrogens is 446 g/mol. The van der Waals surface area contributed by atoms with Crippen molar-refractivity contribution in [1.82, 2.24) is 15.2 Å². The Morgan fingerprint density at radius 3 is 2.60 bits per heavy atom. The molecule has 9 heteroatoms. The number of urea groups is 1. The van der Waals surface area contributed by atoms with E-state index in [1.54, 1.807) is 12.5 Å². The van der Waals surface area contributed by atoms with E-state index >= 15 is 0 Å². The number of amides is 3. The van der Waals surface area contributed by atoms with Crippen LogP contribution in [0.5, 0.6) is 0 Å². The number of piperidine rings is 1. The first kappa shape index (κ1) is 22.9. The second-order valence-corrected chi connectivity index (χ2v) is 8.82. The number of anilines is 1. The van der Waals surface area contributed by atoms with Gasteiger partial charge in [-0.15, -0.1) is 0 Å². The highest BCUT2D eigenvalue weighted by Gasteiger charge is 2.37. The van der Waals surface area contributed by atoms with E-state index in [4.69, 9.17) is 8.83 Å². The molecule has 2 aliphatic heterocycles. The lowest BCUT2D eigenvalue weighted by Crippen LogP contribution is -2.50. The molecule has 0 spiro atoms. The normalized spacial score (nSPS) is 20.5. The van der Waals surface area contributed by atoms with Crippen LogP contribution < -0.4 is 10.6 Å². The molecule has 2 unspecified atom stereocenters. The highest BCUT2D eigenvalue weighted by atomic mass is 16.3. The van der Waals surface area contributed by atoms with Crippen LogP contribution in [0.15, 0.2) is 81.1 Å². The predicted molar refractivity (Wildman–Crippen MR) is 131 cm³/mol. The number of likely N-dealkylation sites (tertiary alicyclic amines) is 1. The van der Waals surface area contributed by atoms with E-state index in [9.17, 15) is 9.59 Å². The summed E-state index contributed by atoms with van der Waals surface area (Å²) in [5.74, 6) is 1.24. The first-order chi connectivity index (χ1) is 17.2. The highest BCUT2D eigenvalue weighted by Crippen LogP contribution is 2.33. The number of rotatable bonds is 7. The third-order valence-corrected chi connectivity index (χ3v) is 6.46. The smallest absolute Gasteiger partial charge is 0.319 e. The fourth-order valence-corrected chi connectivity index (χ4v) is 4.69. The van der Waals surface area contributed by atoms with Crippen molar-refractivity contribution in [1.29, 1.82) is 0 Å². The minimum absolute atomic E-state index is 0.0763. The van der Waals surface area contributed by atoms with Gasteiger partial charge in [-0.1, -0.05) is 24.6 Å². The number of nitrogens with zero attached hydrogens (tertiary/aromatic N) is 3. The van der Waals surface area contributed by atoms with Gasteiger partial charge in [0, 0.05) is 24.7 Å². The third kappa shape index (κ3) is 5.46. The lowest BCUT2D eigenvalue weighted by molar-refractivity contribution is -0.135. The Hall–Kier alpha value is -3.85. The molecule has 4 heterocycles. The maximum Gasteiger partial charge on any atom is 0.319 e. The minimum Gasteiger partial charge on any atom is -0.467 e. The van der Waals surface area contributed by atoms with E-state index in [0.29, 0.717) is 24.5 Å². The molecule has 0 radical (unpaired) electrons. The molecule has 3 aromatic rings. The average molecular weight is 476 g/mol. The summed E-state index contributed by atoms with van der Waals surface area (Å²) in [6.07, 6.45) is 6.73. The predicted octanol–water partition coefficient (Wildman–Crippen LogP) is 4.23. The molecule has 182 valence electrons. The van der Waals surface area contributed by atoms with Crippen molar-refractivity contribution >= 4 is 23.3 Å². The van der Waals surface area contributed by atoms with Gasteiger partial charge in [-0.2, -0.15) is 5.10 Å². The Labute approximate surface area is 203 Å². The van der Waals surface area contributed by atoms with Gasteiger partial charge in [-0.3, -0.25) is 9.69 Å². The summed E-state index contributed by atoms with van der Waals surface area (Å²) < 4.78 is 11.1. The maximum absolute atomic E-state index is 13.5. The largest absolute Gasteiger partial charge is 0.467 e. The Bertz CT molecular complexity index is 1140. The van der Waals surface area contributed by atoms with Crippen LogP contribution in [0.4, 0.5) is 10.5 Å². The van der Waals surface area contributed by atoms with Crippen LogP contribution in [0.25, 0.3) is 0 Å². The molecule has 5 rings (SSSR count). The quantitative estimate of drug-likeness (QED) is 0.532. The maximum atomic E-state index is 13.5. The number of nitrogens with one attached hydrogen (secondary N) is 2. The van der Waals surface area contributed by atoms with Crippen molar-refractivity contribution in [3.8, 4) is 0 Å². The van der Waals surface area contributed by atoms with Crippen LogP contribution in [0.2, 0.25) is 0 Å². The summed E-state index contributed by atoms with van der Waals surface area (Å²) in [4.78, 5) is 28.0. The van der Waals surface area contributed by atoms with Gasteiger partial charge in [-0.05, 0) is 55.8 Å². The van der Waals surface area contributed by atoms with Crippen molar-refractivity contribution in [3.63, 3.8) is 0 Å². The number of carbonyl (C=O) groups excluding carboxylic acids is 2. The fraction of sp³-hybridized carbons (Fsp3) is 0.346. The molecule has 0 bridgehead atoms. The fourth-order valence-electron chi connectivity index (χ4n) is 4.69. The summed E-state index contributed by atoms with van der Waals surface area (Å²) in [7, 11) is 0. The van der Waals surface area contributed by atoms with E-state index < -0.39 is 0 Å². The Morgan fingerprint density at radius 1 is 1.00 bits per heavy atom. The van der Waals surface area contributed by atoms with Gasteiger partial charge in [0.1, 0.15) is 23.3 Å². The molecular formula is C26H29N5O4. The number of hydrazone groups is 1. The zero-order valence-corrected chi connectivity index (χ0v) is 19.4. The number of para-hydroxylation sites is 1. The molecule has 9 nitrogen and oxygen atoms in total. The molecule has 2 aromatic heterocycles. The highest BCUT2D eigenvalue weighted by molar-refractivity contribution is 6.01. The molecule has 1 fully saturated rings. The van der Waals surface area contributed by atoms with Crippen LogP contribution in [-0.4, -0.2) is 53.2 Å². The SMILES string of the molecule is O=C(NCC1CCCCN1CC(=O)N1N=C(c2ccco2)CC1c1ccco1)Nc1ccccc1. The Morgan fingerprint density at radius 2 is 1.83 bits per heavy atom. The van der Waals surface area contributed by atoms with Gasteiger partial charge in [0.25, 0.3) is 5.91 Å². The topological polar surface area (TPSA) is 103 Å². The van der Waals surface area contributed by atoms with E-state index in [0.717, 1.165) is 37.2 Å². The summed E-state index contributed by atoms with van der Waals surface area (Å²) in [6, 6.07) is 16.2. The number of carbonyl (C=O) groups is 2. The summed E-state index contributed by atoms with van der Waals surface area (Å²) in [6.45, 7) is 1.49. The van der Waals surface area contributed by atoms with Gasteiger partial charge in [0.15, 0.2) is 0 Å². The molecule has 2 N–H and O–H groups in total. The zero-order chi connectivity index (χ0) is 24.0. The molecule has 2 aliphatic rings. The first-order valence-corrected chi connectivity index (χ1v) is 12.0. The van der Waals surface area contributed by atoms with E-state index in [1.165, 1.54) is 5.01 Å². The van der Waals surface area contributed by atoms with Crippen LogP contribution in [0, 0.1) is 0 Å². The number of hydrogen-bond acceptors (Lipinski definition) is 6. The monoisotopic (exact) mass is 475 g/mol. The van der Waals surface area contributed by atoms with Crippen molar-refractivity contribution in [3.05, 3.63) is 78.6 Å². The van der Waals surface area contributed by atoms with Crippen LogP contribution in [0.3, 0.4) is 0 Å². The first-order valence-electron chi connectivity index (χ1n) is 12.0. The third-order valence-electron chi connectivity index (χ3n) is 6.46. The van der Waals surface area contributed by atoms with Gasteiger partial charge in [0.05, 0.1) is 19.1 Å². The summed E-state index contributed by atoms with van der Waals surface area (Å²) >= 11 is 0. The Kier molecular flexibility index (Phi) is 6.94. The second-order valence-electron chi connectivity index (χ2n) is 8.82.